The van der Waals surface area contributed by atoms with Crippen LogP contribution in [0.5, 0.6) is 0 Å². The van der Waals surface area contributed by atoms with Gasteiger partial charge in [0.25, 0.3) is 0 Å². The normalized spacial score (nSPS) is 19.7. The fourth-order valence-electron chi connectivity index (χ4n) is 2.82. The molecule has 1 atom stereocenters. The van der Waals surface area contributed by atoms with E-state index < -0.39 is 0 Å². The molecule has 2 rings (SSSR count). The van der Waals surface area contributed by atoms with E-state index in [0.29, 0.717) is 12.3 Å². The van der Waals surface area contributed by atoms with Crippen molar-refractivity contribution in [2.24, 2.45) is 0 Å². The number of carbonyl (C=O) groups excluding carboxylic acids is 1. The highest BCUT2D eigenvalue weighted by atomic mass is 35.5. The van der Waals surface area contributed by atoms with Crippen LogP contribution in [-0.4, -0.2) is 29.3 Å². The Balaban J connectivity index is 1.90. The van der Waals surface area contributed by atoms with Crippen molar-refractivity contribution < 1.29 is 4.79 Å². The summed E-state index contributed by atoms with van der Waals surface area (Å²) in [5.74, 6) is 0.828. The van der Waals surface area contributed by atoms with Crippen molar-refractivity contribution in [1.82, 2.24) is 4.90 Å². The number of hydrogen-bond donors (Lipinski definition) is 0. The zero-order valence-corrected chi connectivity index (χ0v) is 13.0. The Morgan fingerprint density at radius 2 is 2.00 bits per heavy atom. The van der Waals surface area contributed by atoms with Gasteiger partial charge in [-0.05, 0) is 31.7 Å². The number of carbonyl (C=O) groups is 1. The highest BCUT2D eigenvalue weighted by Crippen LogP contribution is 2.19. The van der Waals surface area contributed by atoms with E-state index in [0.717, 1.165) is 25.8 Å². The molecule has 2 nitrogen and oxygen atoms in total. The molecule has 0 spiro atoms. The van der Waals surface area contributed by atoms with Gasteiger partial charge in [0.2, 0.25) is 5.91 Å². The van der Waals surface area contributed by atoms with E-state index in [4.69, 9.17) is 11.6 Å². The Kier molecular flexibility index (Phi) is 5.90. The predicted molar refractivity (Wildman–Crippen MR) is 84.2 cm³/mol. The molecule has 0 aromatic heterocycles. The van der Waals surface area contributed by atoms with Gasteiger partial charge >= 0.3 is 0 Å². The van der Waals surface area contributed by atoms with Crippen LogP contribution in [0, 0.1) is 6.92 Å². The van der Waals surface area contributed by atoms with Crippen molar-refractivity contribution in [3.63, 3.8) is 0 Å². The molecule has 1 aromatic rings. The Labute approximate surface area is 127 Å². The zero-order chi connectivity index (χ0) is 14.4. The lowest BCUT2D eigenvalue weighted by molar-refractivity contribution is -0.133. The molecule has 1 saturated heterocycles. The molecule has 0 N–H and O–H groups in total. The van der Waals surface area contributed by atoms with Crippen LogP contribution in [0.25, 0.3) is 0 Å². The summed E-state index contributed by atoms with van der Waals surface area (Å²) in [6, 6.07) is 8.68. The fourth-order valence-corrected chi connectivity index (χ4v) is 3.14. The first-order valence-electron chi connectivity index (χ1n) is 7.61. The summed E-state index contributed by atoms with van der Waals surface area (Å²) >= 11 is 6.03. The average molecular weight is 294 g/mol. The number of nitrogens with zero attached hydrogens (tertiary/aromatic N) is 1. The van der Waals surface area contributed by atoms with Crippen LogP contribution in [0.4, 0.5) is 0 Å². The van der Waals surface area contributed by atoms with E-state index in [2.05, 4.69) is 31.2 Å². The number of likely N-dealkylation sites (tertiary alicyclic amines) is 1. The van der Waals surface area contributed by atoms with E-state index in [1.54, 1.807) is 0 Å². The summed E-state index contributed by atoms with van der Waals surface area (Å²) in [5.41, 5.74) is 2.50. The molecule has 1 heterocycles. The SMILES string of the molecule is Cc1ccc(CCC(=O)N2CCCCCC2CCl)cc1. The highest BCUT2D eigenvalue weighted by Gasteiger charge is 2.24. The minimum atomic E-state index is 0.240. The quantitative estimate of drug-likeness (QED) is 0.770. The van der Waals surface area contributed by atoms with Gasteiger partial charge in [0.1, 0.15) is 0 Å². The third-order valence-electron chi connectivity index (χ3n) is 4.12. The molecule has 0 bridgehead atoms. The predicted octanol–water partition coefficient (Wildman–Crippen LogP) is 3.94. The number of halogens is 1. The van der Waals surface area contributed by atoms with Crippen LogP contribution < -0.4 is 0 Å². The molecule has 1 aromatic carbocycles. The molecular weight excluding hydrogens is 270 g/mol. The van der Waals surface area contributed by atoms with Crippen molar-refractivity contribution in [2.45, 2.75) is 51.5 Å². The largest absolute Gasteiger partial charge is 0.339 e. The first-order chi connectivity index (χ1) is 9.70. The lowest BCUT2D eigenvalue weighted by Gasteiger charge is -2.28. The topological polar surface area (TPSA) is 20.3 Å². The van der Waals surface area contributed by atoms with Gasteiger partial charge in [-0.15, -0.1) is 11.6 Å². The molecular formula is C17H24ClNO. The molecule has 1 amide bonds. The van der Waals surface area contributed by atoms with Gasteiger partial charge in [0.05, 0.1) is 0 Å². The maximum Gasteiger partial charge on any atom is 0.223 e. The van der Waals surface area contributed by atoms with Crippen molar-refractivity contribution in [2.75, 3.05) is 12.4 Å². The van der Waals surface area contributed by atoms with E-state index in [-0.39, 0.29) is 11.9 Å². The van der Waals surface area contributed by atoms with Gasteiger partial charge in [-0.2, -0.15) is 0 Å². The standard InChI is InChI=1S/C17H24ClNO/c1-14-6-8-15(9-7-14)10-11-17(20)19-12-4-2-3-5-16(19)13-18/h6-9,16H,2-5,10-13H2,1H3. The molecule has 3 heteroatoms. The second kappa shape index (κ2) is 7.68. The van der Waals surface area contributed by atoms with Crippen LogP contribution >= 0.6 is 11.6 Å². The molecule has 0 saturated carbocycles. The summed E-state index contributed by atoms with van der Waals surface area (Å²) in [6.07, 6.45) is 6.00. The Morgan fingerprint density at radius 1 is 1.25 bits per heavy atom. The number of rotatable bonds is 4. The number of aryl methyl sites for hydroxylation is 2. The molecule has 1 fully saturated rings. The lowest BCUT2D eigenvalue weighted by atomic mass is 10.1. The molecule has 1 aliphatic rings. The second-order valence-corrected chi connectivity index (χ2v) is 6.04. The van der Waals surface area contributed by atoms with Crippen molar-refractivity contribution in [1.29, 1.82) is 0 Å². The Hall–Kier alpha value is -1.02. The minimum absolute atomic E-state index is 0.240. The average Bonchev–Trinajstić information content (AvgIpc) is 2.71. The van der Waals surface area contributed by atoms with Crippen LogP contribution in [-0.2, 0) is 11.2 Å². The van der Waals surface area contributed by atoms with Gasteiger partial charge in [-0.25, -0.2) is 0 Å². The lowest BCUT2D eigenvalue weighted by Crippen LogP contribution is -2.41. The number of alkyl halides is 1. The fraction of sp³-hybridized carbons (Fsp3) is 0.588. The van der Waals surface area contributed by atoms with Crippen molar-refractivity contribution >= 4 is 17.5 Å². The van der Waals surface area contributed by atoms with E-state index in [1.165, 1.54) is 24.0 Å². The van der Waals surface area contributed by atoms with Crippen LogP contribution in [0.15, 0.2) is 24.3 Å². The molecule has 110 valence electrons. The van der Waals surface area contributed by atoms with Crippen LogP contribution in [0.1, 0.15) is 43.2 Å². The molecule has 1 aliphatic heterocycles. The van der Waals surface area contributed by atoms with Crippen LogP contribution in [0.3, 0.4) is 0 Å². The van der Waals surface area contributed by atoms with E-state index >= 15 is 0 Å². The first-order valence-corrected chi connectivity index (χ1v) is 8.15. The molecule has 20 heavy (non-hydrogen) atoms. The molecule has 1 unspecified atom stereocenters. The van der Waals surface area contributed by atoms with Crippen molar-refractivity contribution in [3.05, 3.63) is 35.4 Å². The van der Waals surface area contributed by atoms with Gasteiger partial charge < -0.3 is 4.90 Å². The second-order valence-electron chi connectivity index (χ2n) is 5.73. The van der Waals surface area contributed by atoms with E-state index in [9.17, 15) is 4.79 Å². The third kappa shape index (κ3) is 4.24. The summed E-state index contributed by atoms with van der Waals surface area (Å²) in [5, 5.41) is 0. The molecule has 0 radical (unpaired) electrons. The van der Waals surface area contributed by atoms with Gasteiger partial charge in [-0.3, -0.25) is 4.79 Å². The monoisotopic (exact) mass is 293 g/mol. The Morgan fingerprint density at radius 3 is 2.70 bits per heavy atom. The minimum Gasteiger partial charge on any atom is -0.339 e. The number of hydrogen-bond acceptors (Lipinski definition) is 1. The maximum absolute atomic E-state index is 12.4. The van der Waals surface area contributed by atoms with Gasteiger partial charge in [0, 0.05) is 24.9 Å². The number of amides is 1. The summed E-state index contributed by atoms with van der Waals surface area (Å²) in [7, 11) is 0. The number of benzene rings is 1. The summed E-state index contributed by atoms with van der Waals surface area (Å²) < 4.78 is 0. The third-order valence-corrected chi connectivity index (χ3v) is 4.48. The van der Waals surface area contributed by atoms with Crippen LogP contribution in [0.2, 0.25) is 0 Å². The highest BCUT2D eigenvalue weighted by molar-refractivity contribution is 6.18. The summed E-state index contributed by atoms with van der Waals surface area (Å²) in [6.45, 7) is 2.96. The van der Waals surface area contributed by atoms with E-state index in [1.807, 2.05) is 4.90 Å². The zero-order valence-electron chi connectivity index (χ0n) is 12.3. The van der Waals surface area contributed by atoms with Gasteiger partial charge in [0.15, 0.2) is 0 Å². The van der Waals surface area contributed by atoms with Gasteiger partial charge in [-0.1, -0.05) is 42.7 Å². The molecule has 0 aliphatic carbocycles. The maximum atomic E-state index is 12.4. The Bertz CT molecular complexity index is 429. The first kappa shape index (κ1) is 15.4. The summed E-state index contributed by atoms with van der Waals surface area (Å²) in [4.78, 5) is 14.4. The van der Waals surface area contributed by atoms with Crippen molar-refractivity contribution in [3.8, 4) is 0 Å². The smallest absolute Gasteiger partial charge is 0.223 e.